The summed E-state index contributed by atoms with van der Waals surface area (Å²) in [5, 5.41) is 0. The molecule has 0 amide bonds. The van der Waals surface area contributed by atoms with Crippen LogP contribution in [0.1, 0.15) is 18.9 Å². The Morgan fingerprint density at radius 1 is 1.33 bits per heavy atom. The number of aryl methyl sites for hydroxylation is 1. The molecular weight excluding hydrogens is 188 g/mol. The third-order valence-corrected chi connectivity index (χ3v) is 3.17. The van der Waals surface area contributed by atoms with Crippen molar-refractivity contribution in [1.82, 2.24) is 0 Å². The highest BCUT2D eigenvalue weighted by atomic mass is 16.5. The van der Waals surface area contributed by atoms with Crippen molar-refractivity contribution in [3.8, 4) is 0 Å². The molecule has 0 bridgehead atoms. The van der Waals surface area contributed by atoms with E-state index in [0.29, 0.717) is 12.5 Å². The van der Waals surface area contributed by atoms with Gasteiger partial charge in [-0.1, -0.05) is 37.3 Å². The molecule has 0 unspecified atom stereocenters. The van der Waals surface area contributed by atoms with Crippen LogP contribution >= 0.6 is 0 Å². The zero-order valence-corrected chi connectivity index (χ0v) is 8.98. The topological polar surface area (TPSA) is 26.3 Å². The first-order valence-corrected chi connectivity index (χ1v) is 5.48. The minimum atomic E-state index is -0.0342. The highest BCUT2D eigenvalue weighted by Gasteiger charge is 2.32. The number of carbonyl (C=O) groups excluding carboxylic acids is 1. The summed E-state index contributed by atoms with van der Waals surface area (Å²) in [6, 6.07) is 10.4. The summed E-state index contributed by atoms with van der Waals surface area (Å²) in [7, 11) is 0. The monoisotopic (exact) mass is 204 g/mol. The number of cyclic esters (lactones) is 1. The molecule has 15 heavy (non-hydrogen) atoms. The molecule has 2 rings (SSSR count). The van der Waals surface area contributed by atoms with E-state index in [1.165, 1.54) is 5.56 Å². The van der Waals surface area contributed by atoms with Crippen LogP contribution in [0.5, 0.6) is 0 Å². The minimum absolute atomic E-state index is 0.0342. The number of esters is 1. The third kappa shape index (κ3) is 2.38. The van der Waals surface area contributed by atoms with Crippen LogP contribution in [0.15, 0.2) is 30.3 Å². The van der Waals surface area contributed by atoms with Crippen molar-refractivity contribution in [1.29, 1.82) is 0 Å². The fourth-order valence-electron chi connectivity index (χ4n) is 1.99. The highest BCUT2D eigenvalue weighted by molar-refractivity contribution is 5.74. The van der Waals surface area contributed by atoms with E-state index >= 15 is 0 Å². The van der Waals surface area contributed by atoms with E-state index in [-0.39, 0.29) is 11.9 Å². The lowest BCUT2D eigenvalue weighted by Crippen LogP contribution is -2.12. The SMILES string of the molecule is C[C@H]1C(=O)OC[C@H]1CCc1ccccc1. The van der Waals surface area contributed by atoms with Crippen molar-refractivity contribution in [3.63, 3.8) is 0 Å². The van der Waals surface area contributed by atoms with Crippen LogP contribution < -0.4 is 0 Å². The van der Waals surface area contributed by atoms with Gasteiger partial charge in [0.2, 0.25) is 0 Å². The summed E-state index contributed by atoms with van der Waals surface area (Å²) in [5.74, 6) is 0.444. The second-order valence-corrected chi connectivity index (χ2v) is 4.20. The van der Waals surface area contributed by atoms with E-state index in [9.17, 15) is 4.79 Å². The Morgan fingerprint density at radius 2 is 2.07 bits per heavy atom. The number of hydrogen-bond donors (Lipinski definition) is 0. The van der Waals surface area contributed by atoms with Crippen molar-refractivity contribution in [2.24, 2.45) is 11.8 Å². The standard InChI is InChI=1S/C13H16O2/c1-10-12(9-15-13(10)14)8-7-11-5-3-2-4-6-11/h2-6,10,12H,7-9H2,1H3/t10-,12-/m1/s1. The molecule has 1 aliphatic heterocycles. The molecule has 2 atom stereocenters. The molecule has 2 nitrogen and oxygen atoms in total. The molecule has 2 heteroatoms. The Balaban J connectivity index is 1.87. The molecule has 0 radical (unpaired) electrons. The summed E-state index contributed by atoms with van der Waals surface area (Å²) in [5.41, 5.74) is 1.34. The molecular formula is C13H16O2. The summed E-state index contributed by atoms with van der Waals surface area (Å²) >= 11 is 0. The number of ether oxygens (including phenoxy) is 1. The Morgan fingerprint density at radius 3 is 2.67 bits per heavy atom. The fraction of sp³-hybridized carbons (Fsp3) is 0.462. The molecule has 1 heterocycles. The zero-order chi connectivity index (χ0) is 10.7. The fourth-order valence-corrected chi connectivity index (χ4v) is 1.99. The quantitative estimate of drug-likeness (QED) is 0.707. The molecule has 1 fully saturated rings. The smallest absolute Gasteiger partial charge is 0.309 e. The first-order valence-electron chi connectivity index (χ1n) is 5.48. The van der Waals surface area contributed by atoms with Crippen molar-refractivity contribution in [2.45, 2.75) is 19.8 Å². The van der Waals surface area contributed by atoms with Crippen molar-refractivity contribution in [2.75, 3.05) is 6.61 Å². The van der Waals surface area contributed by atoms with Crippen LogP contribution in [0.3, 0.4) is 0 Å². The average Bonchev–Trinajstić information content (AvgIpc) is 2.59. The van der Waals surface area contributed by atoms with Crippen molar-refractivity contribution < 1.29 is 9.53 Å². The van der Waals surface area contributed by atoms with Gasteiger partial charge < -0.3 is 4.74 Å². The number of carbonyl (C=O) groups is 1. The zero-order valence-electron chi connectivity index (χ0n) is 8.98. The van der Waals surface area contributed by atoms with E-state index in [2.05, 4.69) is 24.3 Å². The van der Waals surface area contributed by atoms with Gasteiger partial charge in [-0.3, -0.25) is 4.79 Å². The van der Waals surface area contributed by atoms with Gasteiger partial charge in [-0.15, -0.1) is 0 Å². The highest BCUT2D eigenvalue weighted by Crippen LogP contribution is 2.25. The minimum Gasteiger partial charge on any atom is -0.465 e. The third-order valence-electron chi connectivity index (χ3n) is 3.17. The molecule has 1 saturated heterocycles. The summed E-state index contributed by atoms with van der Waals surface area (Å²) < 4.78 is 5.03. The van der Waals surface area contributed by atoms with Gasteiger partial charge in [0.25, 0.3) is 0 Å². The first-order chi connectivity index (χ1) is 7.27. The molecule has 80 valence electrons. The average molecular weight is 204 g/mol. The number of hydrogen-bond acceptors (Lipinski definition) is 2. The predicted octanol–water partition coefficient (Wildman–Crippen LogP) is 2.43. The number of benzene rings is 1. The van der Waals surface area contributed by atoms with Crippen LogP contribution in [0, 0.1) is 11.8 Å². The Hall–Kier alpha value is -1.31. The number of rotatable bonds is 3. The van der Waals surface area contributed by atoms with Crippen molar-refractivity contribution >= 4 is 5.97 Å². The van der Waals surface area contributed by atoms with E-state index in [4.69, 9.17) is 4.74 Å². The van der Waals surface area contributed by atoms with E-state index in [0.717, 1.165) is 12.8 Å². The van der Waals surface area contributed by atoms with E-state index < -0.39 is 0 Å². The van der Waals surface area contributed by atoms with E-state index in [1.54, 1.807) is 0 Å². The maximum Gasteiger partial charge on any atom is 0.309 e. The van der Waals surface area contributed by atoms with Crippen LogP contribution in [-0.2, 0) is 16.0 Å². The molecule has 1 aromatic rings. The van der Waals surface area contributed by atoms with Gasteiger partial charge in [0, 0.05) is 5.92 Å². The molecule has 0 spiro atoms. The first kappa shape index (κ1) is 10.2. The largest absolute Gasteiger partial charge is 0.465 e. The van der Waals surface area contributed by atoms with Gasteiger partial charge in [0.15, 0.2) is 0 Å². The molecule has 0 saturated carbocycles. The van der Waals surface area contributed by atoms with Gasteiger partial charge in [0.05, 0.1) is 12.5 Å². The van der Waals surface area contributed by atoms with E-state index in [1.807, 2.05) is 13.0 Å². The summed E-state index contributed by atoms with van der Waals surface area (Å²) in [6.45, 7) is 2.57. The molecule has 1 aromatic carbocycles. The Bertz CT molecular complexity index is 332. The van der Waals surface area contributed by atoms with Gasteiger partial charge in [-0.2, -0.15) is 0 Å². The molecule has 1 aliphatic rings. The van der Waals surface area contributed by atoms with Crippen LogP contribution in [0.4, 0.5) is 0 Å². The lowest BCUT2D eigenvalue weighted by atomic mass is 9.91. The van der Waals surface area contributed by atoms with Gasteiger partial charge in [-0.25, -0.2) is 0 Å². The molecule has 0 N–H and O–H groups in total. The lowest BCUT2D eigenvalue weighted by Gasteiger charge is -2.10. The van der Waals surface area contributed by atoms with Gasteiger partial charge in [-0.05, 0) is 18.4 Å². The normalized spacial score (nSPS) is 25.3. The molecule has 0 aromatic heterocycles. The van der Waals surface area contributed by atoms with Gasteiger partial charge in [0.1, 0.15) is 0 Å². The Labute approximate surface area is 90.3 Å². The maximum absolute atomic E-state index is 11.2. The van der Waals surface area contributed by atoms with Gasteiger partial charge >= 0.3 is 5.97 Å². The van der Waals surface area contributed by atoms with Crippen LogP contribution in [0.25, 0.3) is 0 Å². The maximum atomic E-state index is 11.2. The summed E-state index contributed by atoms with van der Waals surface area (Å²) in [4.78, 5) is 11.2. The summed E-state index contributed by atoms with van der Waals surface area (Å²) in [6.07, 6.45) is 2.07. The van der Waals surface area contributed by atoms with Crippen LogP contribution in [0.2, 0.25) is 0 Å². The second-order valence-electron chi connectivity index (χ2n) is 4.20. The Kier molecular flexibility index (Phi) is 3.05. The lowest BCUT2D eigenvalue weighted by molar-refractivity contribution is -0.140. The van der Waals surface area contributed by atoms with Crippen molar-refractivity contribution in [3.05, 3.63) is 35.9 Å². The molecule has 0 aliphatic carbocycles. The van der Waals surface area contributed by atoms with Crippen LogP contribution in [-0.4, -0.2) is 12.6 Å². The predicted molar refractivity (Wildman–Crippen MR) is 58.4 cm³/mol. The second kappa shape index (κ2) is 4.47.